The molecule has 0 heterocycles. The third kappa shape index (κ3) is 8.56. The van der Waals surface area contributed by atoms with Gasteiger partial charge in [0.15, 0.2) is 0 Å². The van der Waals surface area contributed by atoms with Crippen LogP contribution in [0.2, 0.25) is 0 Å². The molecule has 0 unspecified atom stereocenters. The zero-order chi connectivity index (χ0) is 15.1. The highest BCUT2D eigenvalue weighted by Crippen LogP contribution is 2.22. The summed E-state index contributed by atoms with van der Waals surface area (Å²) in [5, 5.41) is 0. The van der Waals surface area contributed by atoms with Gasteiger partial charge in [-0.2, -0.15) is 0 Å². The molecule has 112 valence electrons. The van der Waals surface area contributed by atoms with Gasteiger partial charge in [0, 0.05) is 23.9 Å². The molecule has 0 aromatic heterocycles. The minimum Gasteiger partial charge on any atom is -0.291 e. The number of rotatable bonds is 8. The van der Waals surface area contributed by atoms with E-state index in [1.165, 1.54) is 0 Å². The molecule has 0 saturated carbocycles. The van der Waals surface area contributed by atoms with Crippen LogP contribution in [0, 0.1) is 5.41 Å². The van der Waals surface area contributed by atoms with E-state index < -0.39 is 5.41 Å². The van der Waals surface area contributed by atoms with Crippen LogP contribution in [0.25, 0.3) is 0 Å². The van der Waals surface area contributed by atoms with Crippen LogP contribution in [0.3, 0.4) is 0 Å². The molecular formula is C13H28N4O2. The Morgan fingerprint density at radius 2 is 1.42 bits per heavy atom. The maximum Gasteiger partial charge on any atom is 0.239 e. The van der Waals surface area contributed by atoms with Gasteiger partial charge >= 0.3 is 0 Å². The first kappa shape index (κ1) is 17.9. The average molecular weight is 272 g/mol. The van der Waals surface area contributed by atoms with Crippen molar-refractivity contribution in [1.82, 2.24) is 21.7 Å². The van der Waals surface area contributed by atoms with E-state index in [-0.39, 0.29) is 23.9 Å². The summed E-state index contributed by atoms with van der Waals surface area (Å²) in [5.41, 5.74) is 10.4. The molecule has 0 aromatic carbocycles. The van der Waals surface area contributed by atoms with E-state index in [4.69, 9.17) is 0 Å². The Balaban J connectivity index is 4.07. The van der Waals surface area contributed by atoms with Crippen molar-refractivity contribution in [3.63, 3.8) is 0 Å². The highest BCUT2D eigenvalue weighted by Gasteiger charge is 2.28. The number of amides is 2. The average Bonchev–Trinajstić information content (AvgIpc) is 2.30. The minimum absolute atomic E-state index is 0.105. The maximum absolute atomic E-state index is 11.9. The molecule has 0 fully saturated rings. The molecule has 0 aliphatic carbocycles. The van der Waals surface area contributed by atoms with E-state index in [0.29, 0.717) is 12.8 Å². The summed E-state index contributed by atoms with van der Waals surface area (Å²) in [6.07, 6.45) is 0.798. The molecule has 19 heavy (non-hydrogen) atoms. The highest BCUT2D eigenvalue weighted by atomic mass is 16.2. The van der Waals surface area contributed by atoms with Crippen molar-refractivity contribution in [3.8, 4) is 0 Å². The van der Waals surface area contributed by atoms with E-state index in [0.717, 1.165) is 0 Å². The van der Waals surface area contributed by atoms with Gasteiger partial charge in [-0.3, -0.25) is 20.4 Å². The second-order valence-electron chi connectivity index (χ2n) is 5.98. The van der Waals surface area contributed by atoms with Crippen LogP contribution in [-0.4, -0.2) is 23.9 Å². The maximum atomic E-state index is 11.9. The van der Waals surface area contributed by atoms with Gasteiger partial charge in [-0.1, -0.05) is 13.8 Å². The zero-order valence-electron chi connectivity index (χ0n) is 12.9. The Hall–Kier alpha value is -1.14. The third-order valence-corrected chi connectivity index (χ3v) is 2.57. The van der Waals surface area contributed by atoms with Crippen molar-refractivity contribution in [3.05, 3.63) is 0 Å². The standard InChI is InChI=1S/C13H28N4O2/c1-9(2)14-16-11(18)7-8-13(5,6)12(19)17-15-10(3)4/h9-10,14-15H,7-8H2,1-6H3,(H,16,18)(H,17,19). The lowest BCUT2D eigenvalue weighted by Gasteiger charge is -2.24. The molecule has 0 rings (SSSR count). The number of nitrogens with one attached hydrogen (secondary N) is 4. The van der Waals surface area contributed by atoms with Crippen LogP contribution in [0.15, 0.2) is 0 Å². The Kier molecular flexibility index (Phi) is 7.63. The molecule has 0 atom stereocenters. The molecular weight excluding hydrogens is 244 g/mol. The monoisotopic (exact) mass is 272 g/mol. The molecule has 4 N–H and O–H groups in total. The zero-order valence-corrected chi connectivity index (χ0v) is 12.9. The van der Waals surface area contributed by atoms with Crippen molar-refractivity contribution in [2.75, 3.05) is 0 Å². The summed E-state index contributed by atoms with van der Waals surface area (Å²) in [4.78, 5) is 23.5. The van der Waals surface area contributed by atoms with Crippen molar-refractivity contribution < 1.29 is 9.59 Å². The van der Waals surface area contributed by atoms with Crippen LogP contribution < -0.4 is 21.7 Å². The van der Waals surface area contributed by atoms with E-state index in [1.54, 1.807) is 0 Å². The predicted molar refractivity (Wildman–Crippen MR) is 75.8 cm³/mol. The Labute approximate surface area is 116 Å². The van der Waals surface area contributed by atoms with E-state index in [9.17, 15) is 9.59 Å². The molecule has 2 amide bonds. The van der Waals surface area contributed by atoms with Crippen LogP contribution in [-0.2, 0) is 9.59 Å². The second-order valence-corrected chi connectivity index (χ2v) is 5.98. The molecule has 6 heteroatoms. The Morgan fingerprint density at radius 3 is 1.89 bits per heavy atom. The summed E-state index contributed by atoms with van der Waals surface area (Å²) < 4.78 is 0. The van der Waals surface area contributed by atoms with Gasteiger partial charge in [-0.15, -0.1) is 0 Å². The first-order valence-electron chi connectivity index (χ1n) is 6.75. The SMILES string of the molecule is CC(C)NNC(=O)CCC(C)(C)C(=O)NNC(C)C. The van der Waals surface area contributed by atoms with Gasteiger partial charge < -0.3 is 0 Å². The molecule has 0 radical (unpaired) electrons. The first-order valence-corrected chi connectivity index (χ1v) is 6.75. The summed E-state index contributed by atoms with van der Waals surface area (Å²) in [7, 11) is 0. The van der Waals surface area contributed by atoms with Gasteiger partial charge in [-0.05, 0) is 34.1 Å². The summed E-state index contributed by atoms with van der Waals surface area (Å²) >= 11 is 0. The summed E-state index contributed by atoms with van der Waals surface area (Å²) in [6, 6.07) is 0.369. The highest BCUT2D eigenvalue weighted by molar-refractivity contribution is 5.82. The Morgan fingerprint density at radius 1 is 0.947 bits per heavy atom. The van der Waals surface area contributed by atoms with Crippen LogP contribution in [0.1, 0.15) is 54.4 Å². The number of hydrogen-bond donors (Lipinski definition) is 4. The summed E-state index contributed by atoms with van der Waals surface area (Å²) in [5.74, 6) is -0.211. The van der Waals surface area contributed by atoms with Crippen molar-refractivity contribution >= 4 is 11.8 Å². The number of carbonyl (C=O) groups is 2. The van der Waals surface area contributed by atoms with Crippen LogP contribution in [0.4, 0.5) is 0 Å². The third-order valence-electron chi connectivity index (χ3n) is 2.57. The second kappa shape index (κ2) is 8.12. The number of hydrazine groups is 2. The van der Waals surface area contributed by atoms with Gasteiger partial charge in [0.05, 0.1) is 0 Å². The largest absolute Gasteiger partial charge is 0.291 e. The normalized spacial score (nSPS) is 11.8. The van der Waals surface area contributed by atoms with Gasteiger partial charge in [0.1, 0.15) is 0 Å². The fourth-order valence-corrected chi connectivity index (χ4v) is 1.21. The van der Waals surface area contributed by atoms with E-state index >= 15 is 0 Å². The molecule has 0 saturated heterocycles. The van der Waals surface area contributed by atoms with Crippen LogP contribution in [0.5, 0.6) is 0 Å². The quantitative estimate of drug-likeness (QED) is 0.494. The lowest BCUT2D eigenvalue weighted by atomic mass is 9.87. The molecule has 0 aliphatic heterocycles. The lowest BCUT2D eigenvalue weighted by Crippen LogP contribution is -2.48. The molecule has 0 bridgehead atoms. The molecule has 0 aliphatic rings. The predicted octanol–water partition coefficient (Wildman–Crippen LogP) is 0.851. The fraction of sp³-hybridized carbons (Fsp3) is 0.846. The van der Waals surface area contributed by atoms with Crippen molar-refractivity contribution in [2.45, 2.75) is 66.5 Å². The first-order chi connectivity index (χ1) is 8.65. The summed E-state index contributed by atoms with van der Waals surface area (Å²) in [6.45, 7) is 11.4. The van der Waals surface area contributed by atoms with E-state index in [2.05, 4.69) is 21.7 Å². The Bertz CT molecular complexity index is 301. The van der Waals surface area contributed by atoms with Gasteiger partial charge in [0.25, 0.3) is 0 Å². The van der Waals surface area contributed by atoms with E-state index in [1.807, 2.05) is 41.5 Å². The minimum atomic E-state index is -0.586. The molecule has 6 nitrogen and oxygen atoms in total. The van der Waals surface area contributed by atoms with Crippen molar-refractivity contribution in [2.24, 2.45) is 5.41 Å². The fourth-order valence-electron chi connectivity index (χ4n) is 1.21. The van der Waals surface area contributed by atoms with Gasteiger partial charge in [0.2, 0.25) is 11.8 Å². The van der Waals surface area contributed by atoms with Gasteiger partial charge in [-0.25, -0.2) is 10.9 Å². The number of hydrogen-bond acceptors (Lipinski definition) is 4. The number of carbonyl (C=O) groups excluding carboxylic acids is 2. The smallest absolute Gasteiger partial charge is 0.239 e. The topological polar surface area (TPSA) is 82.3 Å². The lowest BCUT2D eigenvalue weighted by molar-refractivity contribution is -0.131. The van der Waals surface area contributed by atoms with Crippen molar-refractivity contribution in [1.29, 1.82) is 0 Å². The molecule has 0 aromatic rings. The molecule has 0 spiro atoms. The van der Waals surface area contributed by atoms with Crippen LogP contribution >= 0.6 is 0 Å².